The molecule has 0 atom stereocenters. The molecule has 5 heteroatoms. The van der Waals surface area contributed by atoms with Gasteiger partial charge in [0.05, 0.1) is 17.8 Å². The van der Waals surface area contributed by atoms with Crippen LogP contribution >= 0.6 is 0 Å². The van der Waals surface area contributed by atoms with Gasteiger partial charge in [0.25, 0.3) is 0 Å². The Balaban J connectivity index is 2.03. The summed E-state index contributed by atoms with van der Waals surface area (Å²) < 4.78 is 13.8. The molecule has 0 saturated heterocycles. The first-order valence-corrected chi connectivity index (χ1v) is 6.82. The molecule has 0 aromatic heterocycles. The SMILES string of the molecule is CC(=O)Nc1ccc2c(c1)C(=O)CC(c1ccccc1F)=N2. The summed E-state index contributed by atoms with van der Waals surface area (Å²) in [7, 11) is 0. The van der Waals surface area contributed by atoms with Gasteiger partial charge in [-0.3, -0.25) is 14.6 Å². The van der Waals surface area contributed by atoms with E-state index in [1.165, 1.54) is 13.0 Å². The van der Waals surface area contributed by atoms with Gasteiger partial charge in [-0.05, 0) is 24.3 Å². The molecular formula is C17H13FN2O2. The molecule has 3 rings (SSSR count). The van der Waals surface area contributed by atoms with Crippen molar-refractivity contribution in [2.45, 2.75) is 13.3 Å². The van der Waals surface area contributed by atoms with E-state index in [4.69, 9.17) is 0 Å². The Morgan fingerprint density at radius 3 is 2.68 bits per heavy atom. The number of carbonyl (C=O) groups is 2. The molecule has 0 radical (unpaired) electrons. The maximum absolute atomic E-state index is 13.8. The number of Topliss-reactive ketones (excluding diaryl/α,β-unsaturated/α-hetero) is 1. The molecule has 1 aliphatic heterocycles. The Kier molecular flexibility index (Phi) is 3.55. The van der Waals surface area contributed by atoms with E-state index in [0.29, 0.717) is 28.2 Å². The molecule has 0 aliphatic carbocycles. The van der Waals surface area contributed by atoms with Crippen LogP contribution in [-0.4, -0.2) is 17.4 Å². The van der Waals surface area contributed by atoms with E-state index in [9.17, 15) is 14.0 Å². The molecule has 0 spiro atoms. The summed E-state index contributed by atoms with van der Waals surface area (Å²) in [5.74, 6) is -0.749. The Bertz CT molecular complexity index is 812. The molecule has 0 saturated carbocycles. The predicted octanol–water partition coefficient (Wildman–Crippen LogP) is 3.49. The van der Waals surface area contributed by atoms with Crippen LogP contribution in [0, 0.1) is 5.82 Å². The standard InChI is InChI=1S/C17H13FN2O2/c1-10(21)19-11-6-7-15-13(8-11)17(22)9-16(20-15)12-4-2-3-5-14(12)18/h2-8H,9H2,1H3,(H,19,21). The van der Waals surface area contributed by atoms with Crippen molar-refractivity contribution < 1.29 is 14.0 Å². The van der Waals surface area contributed by atoms with Crippen molar-refractivity contribution in [1.29, 1.82) is 0 Å². The topological polar surface area (TPSA) is 58.5 Å². The fourth-order valence-corrected chi connectivity index (χ4v) is 2.42. The third kappa shape index (κ3) is 2.65. The van der Waals surface area contributed by atoms with Crippen LogP contribution in [0.1, 0.15) is 29.3 Å². The highest BCUT2D eigenvalue weighted by molar-refractivity contribution is 6.21. The van der Waals surface area contributed by atoms with Crippen LogP contribution in [0.4, 0.5) is 15.8 Å². The average molecular weight is 296 g/mol. The highest BCUT2D eigenvalue weighted by Gasteiger charge is 2.23. The Morgan fingerprint density at radius 1 is 1.18 bits per heavy atom. The lowest BCUT2D eigenvalue weighted by Gasteiger charge is -2.16. The van der Waals surface area contributed by atoms with Crippen molar-refractivity contribution in [1.82, 2.24) is 0 Å². The maximum atomic E-state index is 13.8. The number of nitrogens with zero attached hydrogens (tertiary/aromatic N) is 1. The van der Waals surface area contributed by atoms with Crippen LogP contribution in [0.2, 0.25) is 0 Å². The first kappa shape index (κ1) is 14.1. The maximum Gasteiger partial charge on any atom is 0.221 e. The number of benzene rings is 2. The van der Waals surface area contributed by atoms with E-state index in [1.807, 2.05) is 0 Å². The zero-order valence-electron chi connectivity index (χ0n) is 11.9. The van der Waals surface area contributed by atoms with Crippen molar-refractivity contribution in [3.63, 3.8) is 0 Å². The van der Waals surface area contributed by atoms with Crippen molar-refractivity contribution in [3.8, 4) is 0 Å². The lowest BCUT2D eigenvalue weighted by Crippen LogP contribution is -2.16. The van der Waals surface area contributed by atoms with Crippen LogP contribution in [-0.2, 0) is 4.79 Å². The highest BCUT2D eigenvalue weighted by atomic mass is 19.1. The highest BCUT2D eigenvalue weighted by Crippen LogP contribution is 2.30. The first-order chi connectivity index (χ1) is 10.5. The van der Waals surface area contributed by atoms with Gasteiger partial charge in [0.1, 0.15) is 5.82 Å². The number of halogens is 1. The lowest BCUT2D eigenvalue weighted by atomic mass is 9.95. The van der Waals surface area contributed by atoms with Crippen LogP contribution < -0.4 is 5.32 Å². The van der Waals surface area contributed by atoms with E-state index in [1.54, 1.807) is 36.4 Å². The van der Waals surface area contributed by atoms with Crippen LogP contribution in [0.25, 0.3) is 0 Å². The summed E-state index contributed by atoms with van der Waals surface area (Å²) in [6, 6.07) is 11.2. The predicted molar refractivity (Wildman–Crippen MR) is 82.3 cm³/mol. The quantitative estimate of drug-likeness (QED) is 0.922. The minimum absolute atomic E-state index is 0.0391. The number of hydrogen-bond acceptors (Lipinski definition) is 3. The molecule has 0 bridgehead atoms. The molecule has 1 aliphatic rings. The van der Waals surface area contributed by atoms with E-state index in [2.05, 4.69) is 10.3 Å². The fraction of sp³-hybridized carbons (Fsp3) is 0.118. The normalized spacial score (nSPS) is 13.4. The number of anilines is 1. The van der Waals surface area contributed by atoms with Crippen LogP contribution in [0.3, 0.4) is 0 Å². The second-order valence-corrected chi connectivity index (χ2v) is 5.05. The smallest absolute Gasteiger partial charge is 0.221 e. The number of aliphatic imine (C=N–C) groups is 1. The molecular weight excluding hydrogens is 283 g/mol. The number of ketones is 1. The molecule has 1 N–H and O–H groups in total. The van der Waals surface area contributed by atoms with Crippen LogP contribution in [0.15, 0.2) is 47.5 Å². The first-order valence-electron chi connectivity index (χ1n) is 6.82. The average Bonchev–Trinajstić information content (AvgIpc) is 2.47. The molecule has 2 aromatic rings. The van der Waals surface area contributed by atoms with Gasteiger partial charge in [-0.15, -0.1) is 0 Å². The van der Waals surface area contributed by atoms with Gasteiger partial charge in [0, 0.05) is 23.7 Å². The minimum Gasteiger partial charge on any atom is -0.326 e. The van der Waals surface area contributed by atoms with E-state index < -0.39 is 5.82 Å². The van der Waals surface area contributed by atoms with Gasteiger partial charge in [0.15, 0.2) is 5.78 Å². The Morgan fingerprint density at radius 2 is 1.95 bits per heavy atom. The molecule has 1 heterocycles. The van der Waals surface area contributed by atoms with Gasteiger partial charge >= 0.3 is 0 Å². The second kappa shape index (κ2) is 5.52. The van der Waals surface area contributed by atoms with Crippen molar-refractivity contribution in [2.75, 3.05) is 5.32 Å². The lowest BCUT2D eigenvalue weighted by molar-refractivity contribution is -0.114. The molecule has 2 aromatic carbocycles. The molecule has 22 heavy (non-hydrogen) atoms. The summed E-state index contributed by atoms with van der Waals surface area (Å²) in [6.45, 7) is 1.40. The van der Waals surface area contributed by atoms with E-state index in [0.717, 1.165) is 0 Å². The Labute approximate surface area is 126 Å². The summed E-state index contributed by atoms with van der Waals surface area (Å²) >= 11 is 0. The van der Waals surface area contributed by atoms with Crippen LogP contribution in [0.5, 0.6) is 0 Å². The van der Waals surface area contributed by atoms with Gasteiger partial charge in [0.2, 0.25) is 5.91 Å². The van der Waals surface area contributed by atoms with Gasteiger partial charge < -0.3 is 5.32 Å². The van der Waals surface area contributed by atoms with E-state index >= 15 is 0 Å². The number of fused-ring (bicyclic) bond motifs is 1. The summed E-state index contributed by atoms with van der Waals surface area (Å²) in [5, 5.41) is 2.63. The summed E-state index contributed by atoms with van der Waals surface area (Å²) in [6.07, 6.45) is 0.0391. The molecule has 110 valence electrons. The largest absolute Gasteiger partial charge is 0.326 e. The number of hydrogen-bond donors (Lipinski definition) is 1. The van der Waals surface area contributed by atoms with Crippen molar-refractivity contribution >= 4 is 28.8 Å². The Hall–Kier alpha value is -2.82. The zero-order valence-corrected chi connectivity index (χ0v) is 11.9. The van der Waals surface area contributed by atoms with Gasteiger partial charge in [-0.2, -0.15) is 0 Å². The van der Waals surface area contributed by atoms with Gasteiger partial charge in [-0.1, -0.05) is 18.2 Å². The second-order valence-electron chi connectivity index (χ2n) is 5.05. The third-order valence-corrected chi connectivity index (χ3v) is 3.39. The zero-order chi connectivity index (χ0) is 15.7. The number of carbonyl (C=O) groups excluding carboxylic acids is 2. The molecule has 1 amide bonds. The minimum atomic E-state index is -0.396. The fourth-order valence-electron chi connectivity index (χ4n) is 2.42. The summed E-state index contributed by atoms with van der Waals surface area (Å²) in [5.41, 5.74) is 2.23. The molecule has 4 nitrogen and oxygen atoms in total. The van der Waals surface area contributed by atoms with Gasteiger partial charge in [-0.25, -0.2) is 4.39 Å². The molecule has 0 fully saturated rings. The number of amides is 1. The number of nitrogens with one attached hydrogen (secondary N) is 1. The summed E-state index contributed by atoms with van der Waals surface area (Å²) in [4.78, 5) is 27.8. The van der Waals surface area contributed by atoms with Crippen molar-refractivity contribution in [3.05, 3.63) is 59.4 Å². The third-order valence-electron chi connectivity index (χ3n) is 3.39. The van der Waals surface area contributed by atoms with E-state index in [-0.39, 0.29) is 18.1 Å². The monoisotopic (exact) mass is 296 g/mol. The molecule has 0 unspecified atom stereocenters. The van der Waals surface area contributed by atoms with Crippen molar-refractivity contribution in [2.24, 2.45) is 4.99 Å². The number of rotatable bonds is 2.